The second kappa shape index (κ2) is 9.85. The smallest absolute Gasteiger partial charge is 0.253 e. The van der Waals surface area contributed by atoms with Gasteiger partial charge in [0.25, 0.3) is 5.91 Å². The fourth-order valence-electron chi connectivity index (χ4n) is 3.24. The van der Waals surface area contributed by atoms with Crippen molar-refractivity contribution in [1.82, 2.24) is 9.91 Å². The molecule has 146 valence electrons. The average molecular weight is 412 g/mol. The van der Waals surface area contributed by atoms with Crippen molar-refractivity contribution in [1.29, 1.82) is 0 Å². The van der Waals surface area contributed by atoms with Crippen LogP contribution in [0.3, 0.4) is 0 Å². The molecule has 0 unspecified atom stereocenters. The summed E-state index contributed by atoms with van der Waals surface area (Å²) in [5, 5.41) is 6.36. The number of amides is 1. The Morgan fingerprint density at radius 3 is 2.32 bits per heavy atom. The van der Waals surface area contributed by atoms with Gasteiger partial charge in [0.1, 0.15) is 4.32 Å². The highest BCUT2D eigenvalue weighted by Gasteiger charge is 2.33. The number of benzene rings is 2. The van der Waals surface area contributed by atoms with Crippen LogP contribution in [-0.4, -0.2) is 44.7 Å². The molecule has 0 aliphatic carbocycles. The van der Waals surface area contributed by atoms with Gasteiger partial charge in [0.2, 0.25) is 0 Å². The van der Waals surface area contributed by atoms with E-state index in [9.17, 15) is 4.79 Å². The number of thioether (sulfide) groups is 1. The number of rotatable bonds is 6. The Morgan fingerprint density at radius 1 is 1.11 bits per heavy atom. The van der Waals surface area contributed by atoms with Crippen LogP contribution >= 0.6 is 24.0 Å². The lowest BCUT2D eigenvalue weighted by atomic mass is 9.98. The van der Waals surface area contributed by atoms with Crippen molar-refractivity contribution in [3.63, 3.8) is 0 Å². The zero-order valence-corrected chi connectivity index (χ0v) is 17.9. The predicted octanol–water partition coefficient (Wildman–Crippen LogP) is 4.72. The molecular formula is C22H25N3OS2. The van der Waals surface area contributed by atoms with Gasteiger partial charge in [0.05, 0.1) is 17.5 Å². The Morgan fingerprint density at radius 2 is 1.71 bits per heavy atom. The number of nitrogens with zero attached hydrogens (tertiary/aromatic N) is 3. The third-order valence-corrected chi connectivity index (χ3v) is 6.31. The lowest BCUT2D eigenvalue weighted by Crippen LogP contribution is -2.31. The minimum atomic E-state index is -0.0773. The van der Waals surface area contributed by atoms with Crippen molar-refractivity contribution in [3.05, 3.63) is 71.8 Å². The lowest BCUT2D eigenvalue weighted by molar-refractivity contribution is -0.130. The van der Waals surface area contributed by atoms with Crippen LogP contribution in [0.4, 0.5) is 0 Å². The number of carbonyl (C=O) groups is 1. The Labute approximate surface area is 176 Å². The lowest BCUT2D eigenvalue weighted by Gasteiger charge is -2.24. The van der Waals surface area contributed by atoms with Crippen LogP contribution in [0.1, 0.15) is 37.4 Å². The standard InChI is InChI=1S/C22H25N3OS2/c1-3-24(4-2)22(27)28-16-21(26)25-20(18-13-9-6-10-14-18)15-19(23-25)17-11-7-5-8-12-17/h5-14,20H,3-4,15-16H2,1-2H3/t20-/m1/s1. The van der Waals surface area contributed by atoms with Crippen LogP contribution in [0, 0.1) is 0 Å². The van der Waals surface area contributed by atoms with Gasteiger partial charge in [-0.1, -0.05) is 84.6 Å². The summed E-state index contributed by atoms with van der Waals surface area (Å²) in [5.41, 5.74) is 3.10. The fraction of sp³-hybridized carbons (Fsp3) is 0.318. The highest BCUT2D eigenvalue weighted by Crippen LogP contribution is 2.33. The SMILES string of the molecule is CCN(CC)C(=S)SCC(=O)N1N=C(c2ccccc2)C[C@@H]1c1ccccc1. The molecule has 0 saturated heterocycles. The minimum Gasteiger partial charge on any atom is -0.358 e. The second-order valence-electron chi connectivity index (χ2n) is 6.51. The summed E-state index contributed by atoms with van der Waals surface area (Å²) in [6.45, 7) is 5.84. The molecular weight excluding hydrogens is 386 g/mol. The van der Waals surface area contributed by atoms with Crippen molar-refractivity contribution >= 4 is 39.9 Å². The summed E-state index contributed by atoms with van der Waals surface area (Å²) in [7, 11) is 0. The topological polar surface area (TPSA) is 35.9 Å². The van der Waals surface area contributed by atoms with Crippen molar-refractivity contribution in [3.8, 4) is 0 Å². The monoisotopic (exact) mass is 411 g/mol. The zero-order valence-electron chi connectivity index (χ0n) is 16.2. The van der Waals surface area contributed by atoms with Crippen LogP contribution in [0.25, 0.3) is 0 Å². The first-order chi connectivity index (χ1) is 13.6. The van der Waals surface area contributed by atoms with E-state index in [2.05, 4.69) is 30.9 Å². The molecule has 0 spiro atoms. The molecule has 0 aromatic heterocycles. The molecule has 1 aliphatic heterocycles. The van der Waals surface area contributed by atoms with Crippen LogP contribution in [-0.2, 0) is 4.79 Å². The Bertz CT molecular complexity index is 835. The summed E-state index contributed by atoms with van der Waals surface area (Å²) in [4.78, 5) is 15.1. The summed E-state index contributed by atoms with van der Waals surface area (Å²) in [6, 6.07) is 20.1. The molecule has 6 heteroatoms. The first kappa shape index (κ1) is 20.6. The van der Waals surface area contributed by atoms with Crippen molar-refractivity contribution in [2.24, 2.45) is 5.10 Å². The van der Waals surface area contributed by atoms with E-state index in [0.29, 0.717) is 12.2 Å². The molecule has 0 fully saturated rings. The molecule has 1 aliphatic rings. The Hall–Kier alpha value is -2.18. The van der Waals surface area contributed by atoms with E-state index < -0.39 is 0 Å². The van der Waals surface area contributed by atoms with Gasteiger partial charge in [-0.05, 0) is 25.0 Å². The van der Waals surface area contributed by atoms with Crippen molar-refractivity contribution in [2.45, 2.75) is 26.3 Å². The van der Waals surface area contributed by atoms with Gasteiger partial charge in [0.15, 0.2) is 0 Å². The molecule has 0 bridgehead atoms. The maximum Gasteiger partial charge on any atom is 0.253 e. The van der Waals surface area contributed by atoms with Crippen LogP contribution in [0.5, 0.6) is 0 Å². The second-order valence-corrected chi connectivity index (χ2v) is 8.12. The van der Waals surface area contributed by atoms with E-state index in [1.807, 2.05) is 48.5 Å². The van der Waals surface area contributed by atoms with Crippen molar-refractivity contribution in [2.75, 3.05) is 18.8 Å². The predicted molar refractivity (Wildman–Crippen MR) is 122 cm³/mol. The van der Waals surface area contributed by atoms with E-state index in [4.69, 9.17) is 17.3 Å². The van der Waals surface area contributed by atoms with Gasteiger partial charge in [-0.15, -0.1) is 0 Å². The molecule has 28 heavy (non-hydrogen) atoms. The zero-order chi connectivity index (χ0) is 19.9. The van der Waals surface area contributed by atoms with Crippen LogP contribution in [0.15, 0.2) is 65.8 Å². The summed E-state index contributed by atoms with van der Waals surface area (Å²) in [6.07, 6.45) is 0.713. The fourth-order valence-corrected chi connectivity index (χ4v) is 4.50. The first-order valence-electron chi connectivity index (χ1n) is 9.55. The highest BCUT2D eigenvalue weighted by molar-refractivity contribution is 8.23. The number of hydrogen-bond donors (Lipinski definition) is 0. The Kier molecular flexibility index (Phi) is 7.23. The highest BCUT2D eigenvalue weighted by atomic mass is 32.2. The van der Waals surface area contributed by atoms with Gasteiger partial charge in [-0.25, -0.2) is 5.01 Å². The van der Waals surface area contributed by atoms with Crippen LogP contribution in [0.2, 0.25) is 0 Å². The van der Waals surface area contributed by atoms with Gasteiger partial charge >= 0.3 is 0 Å². The van der Waals surface area contributed by atoms with E-state index in [1.165, 1.54) is 11.8 Å². The van der Waals surface area contributed by atoms with E-state index in [1.54, 1.807) is 5.01 Å². The number of hydrogen-bond acceptors (Lipinski definition) is 4. The van der Waals surface area contributed by atoms with Gasteiger partial charge in [-0.3, -0.25) is 4.79 Å². The van der Waals surface area contributed by atoms with Crippen LogP contribution < -0.4 is 0 Å². The third-order valence-electron chi connectivity index (χ3n) is 4.80. The molecule has 1 atom stereocenters. The molecule has 2 aromatic rings. The maximum atomic E-state index is 13.0. The van der Waals surface area contributed by atoms with E-state index >= 15 is 0 Å². The largest absolute Gasteiger partial charge is 0.358 e. The number of thiocarbonyl (C=S) groups is 1. The van der Waals surface area contributed by atoms with E-state index in [0.717, 1.165) is 34.2 Å². The van der Waals surface area contributed by atoms with Gasteiger partial charge < -0.3 is 4.90 Å². The van der Waals surface area contributed by atoms with Gasteiger partial charge in [0, 0.05) is 19.5 Å². The molecule has 3 rings (SSSR count). The number of hydrazone groups is 1. The number of carbonyl (C=O) groups excluding carboxylic acids is 1. The normalized spacial score (nSPS) is 16.0. The molecule has 0 saturated carbocycles. The quantitative estimate of drug-likeness (QED) is 0.644. The molecule has 4 nitrogen and oxygen atoms in total. The average Bonchev–Trinajstić information content (AvgIpc) is 3.20. The van der Waals surface area contributed by atoms with Crippen molar-refractivity contribution < 1.29 is 4.79 Å². The summed E-state index contributed by atoms with van der Waals surface area (Å²) < 4.78 is 0.765. The van der Waals surface area contributed by atoms with Gasteiger partial charge in [-0.2, -0.15) is 5.10 Å². The maximum absolute atomic E-state index is 13.0. The molecule has 0 N–H and O–H groups in total. The molecule has 2 aromatic carbocycles. The summed E-state index contributed by atoms with van der Waals surface area (Å²) in [5.74, 6) is 0.281. The molecule has 0 radical (unpaired) electrons. The molecule has 1 amide bonds. The minimum absolute atomic E-state index is 0.0145. The third kappa shape index (κ3) is 4.80. The summed E-state index contributed by atoms with van der Waals surface area (Å²) >= 11 is 6.89. The Balaban J connectivity index is 1.78. The van der Waals surface area contributed by atoms with E-state index in [-0.39, 0.29) is 11.9 Å². The molecule has 1 heterocycles. The first-order valence-corrected chi connectivity index (χ1v) is 10.9.